The van der Waals surface area contributed by atoms with Gasteiger partial charge in [-0.2, -0.15) is 0 Å². The third-order valence-electron chi connectivity index (χ3n) is 8.07. The Kier molecular flexibility index (Phi) is 9.25. The average molecular weight is 639 g/mol. The monoisotopic (exact) mass is 637 g/mol. The molecule has 11 heteroatoms. The summed E-state index contributed by atoms with van der Waals surface area (Å²) in [5.74, 6) is -0.253. The molecule has 0 saturated carbocycles. The number of pyridine rings is 1. The van der Waals surface area contributed by atoms with E-state index in [1.807, 2.05) is 65.7 Å². The molecule has 2 atom stereocenters. The second kappa shape index (κ2) is 13.3. The van der Waals surface area contributed by atoms with Crippen molar-refractivity contribution in [1.82, 2.24) is 25.1 Å². The number of benzene rings is 2. The lowest BCUT2D eigenvalue weighted by Crippen LogP contribution is -2.48. The van der Waals surface area contributed by atoms with Gasteiger partial charge in [0.2, 0.25) is 11.8 Å². The van der Waals surface area contributed by atoms with Crippen molar-refractivity contribution in [1.29, 1.82) is 0 Å². The van der Waals surface area contributed by atoms with Crippen LogP contribution in [-0.2, 0) is 20.9 Å². The molecule has 2 aromatic heterocycles. The van der Waals surface area contributed by atoms with Crippen molar-refractivity contribution >= 4 is 57.7 Å². The number of amides is 2. The molecule has 8 nitrogen and oxygen atoms in total. The number of H-pyrrole nitrogens is 1. The van der Waals surface area contributed by atoms with Crippen molar-refractivity contribution in [2.75, 3.05) is 39.4 Å². The molecule has 224 valence electrons. The van der Waals surface area contributed by atoms with E-state index in [9.17, 15) is 9.59 Å². The van der Waals surface area contributed by atoms with E-state index in [0.717, 1.165) is 66.2 Å². The number of halogens is 2. The van der Waals surface area contributed by atoms with Crippen LogP contribution in [0.4, 0.5) is 0 Å². The number of hydrogen-bond acceptors (Lipinski definition) is 6. The standard InChI is InChI=1S/C32H33Cl2N5O3S/c33-23-8-9-25-26(20-36-27(25)17-23)30-32(43-24-5-2-1-3-6-24,31(41)35-11-4-12-38-13-15-42-16-14-38)18-29(40)39(30)21-22-7-10-28(34)37-19-22/h1-3,5-10,17,19-20,30,36H,4,11-16,18,21H2,(H,35,41). The second-order valence-corrected chi connectivity index (χ2v) is 13.1. The number of aromatic amines is 1. The summed E-state index contributed by atoms with van der Waals surface area (Å²) in [4.78, 5) is 41.2. The van der Waals surface area contributed by atoms with Gasteiger partial charge in [-0.25, -0.2) is 4.98 Å². The first-order valence-corrected chi connectivity index (χ1v) is 16.0. The Morgan fingerprint density at radius 3 is 2.70 bits per heavy atom. The number of carbonyl (C=O) groups is 2. The molecule has 4 heterocycles. The van der Waals surface area contributed by atoms with Crippen molar-refractivity contribution in [3.63, 3.8) is 0 Å². The lowest BCUT2D eigenvalue weighted by molar-refractivity contribution is -0.129. The van der Waals surface area contributed by atoms with Crippen LogP contribution in [0.15, 0.2) is 78.0 Å². The molecule has 2 N–H and O–H groups in total. The van der Waals surface area contributed by atoms with Gasteiger partial charge in [-0.15, -0.1) is 11.8 Å². The molecule has 2 fully saturated rings. The first-order valence-electron chi connectivity index (χ1n) is 14.4. The fraction of sp³-hybridized carbons (Fsp3) is 0.344. The average Bonchev–Trinajstić information content (AvgIpc) is 3.54. The molecule has 2 amide bonds. The minimum atomic E-state index is -1.13. The third kappa shape index (κ3) is 6.56. The summed E-state index contributed by atoms with van der Waals surface area (Å²) in [6.45, 7) is 4.95. The zero-order valence-electron chi connectivity index (χ0n) is 23.6. The van der Waals surface area contributed by atoms with Crippen LogP contribution >= 0.6 is 35.0 Å². The van der Waals surface area contributed by atoms with Crippen LogP contribution in [0.3, 0.4) is 0 Å². The molecule has 2 saturated heterocycles. The number of ether oxygens (including phenoxy) is 1. The molecular formula is C32H33Cl2N5O3S. The van der Waals surface area contributed by atoms with Crippen molar-refractivity contribution in [2.45, 2.75) is 35.1 Å². The van der Waals surface area contributed by atoms with Crippen LogP contribution in [0.25, 0.3) is 10.9 Å². The number of carbonyl (C=O) groups excluding carboxylic acids is 2. The molecule has 2 aromatic carbocycles. The summed E-state index contributed by atoms with van der Waals surface area (Å²) in [7, 11) is 0. The number of thioether (sulfide) groups is 1. The summed E-state index contributed by atoms with van der Waals surface area (Å²) >= 11 is 13.8. The SMILES string of the molecule is O=C1CC(Sc2ccccc2)(C(=O)NCCCN2CCOCC2)C(c2c[nH]c3cc(Cl)ccc23)N1Cc1ccc(Cl)nc1. The smallest absolute Gasteiger partial charge is 0.239 e. The molecule has 2 aliphatic rings. The number of aromatic nitrogens is 2. The Morgan fingerprint density at radius 1 is 1.12 bits per heavy atom. The van der Waals surface area contributed by atoms with Gasteiger partial charge in [0.1, 0.15) is 9.90 Å². The highest BCUT2D eigenvalue weighted by atomic mass is 35.5. The van der Waals surface area contributed by atoms with Crippen LogP contribution in [0.2, 0.25) is 10.2 Å². The zero-order chi connectivity index (χ0) is 29.8. The molecule has 0 bridgehead atoms. The Morgan fingerprint density at radius 2 is 1.93 bits per heavy atom. The Balaban J connectivity index is 1.38. The van der Waals surface area contributed by atoms with Gasteiger partial charge in [0, 0.05) is 65.0 Å². The molecule has 6 rings (SSSR count). The van der Waals surface area contributed by atoms with E-state index in [1.165, 1.54) is 11.8 Å². The molecular weight excluding hydrogens is 605 g/mol. The summed E-state index contributed by atoms with van der Waals surface area (Å²) in [6, 6.07) is 18.5. The maximum atomic E-state index is 14.5. The molecule has 0 spiro atoms. The predicted molar refractivity (Wildman–Crippen MR) is 170 cm³/mol. The number of likely N-dealkylation sites (tertiary alicyclic amines) is 1. The van der Waals surface area contributed by atoms with E-state index in [-0.39, 0.29) is 24.8 Å². The molecule has 2 unspecified atom stereocenters. The van der Waals surface area contributed by atoms with Gasteiger partial charge in [-0.05, 0) is 48.9 Å². The second-order valence-electron chi connectivity index (χ2n) is 10.9. The van der Waals surface area contributed by atoms with Gasteiger partial charge in [0.05, 0.1) is 25.7 Å². The quantitative estimate of drug-likeness (QED) is 0.171. The number of hydrogen-bond donors (Lipinski definition) is 2. The van der Waals surface area contributed by atoms with E-state index < -0.39 is 10.8 Å². The van der Waals surface area contributed by atoms with E-state index in [4.69, 9.17) is 27.9 Å². The molecule has 4 aromatic rings. The minimum Gasteiger partial charge on any atom is -0.379 e. The molecule has 0 aliphatic carbocycles. The number of fused-ring (bicyclic) bond motifs is 1. The first-order chi connectivity index (χ1) is 20.9. The predicted octanol–water partition coefficient (Wildman–Crippen LogP) is 5.71. The molecule has 2 aliphatic heterocycles. The van der Waals surface area contributed by atoms with Crippen molar-refractivity contribution in [2.24, 2.45) is 0 Å². The van der Waals surface area contributed by atoms with E-state index in [0.29, 0.717) is 16.7 Å². The maximum absolute atomic E-state index is 14.5. The van der Waals surface area contributed by atoms with Gasteiger partial charge in [-0.3, -0.25) is 14.5 Å². The van der Waals surface area contributed by atoms with E-state index in [2.05, 4.69) is 20.2 Å². The van der Waals surface area contributed by atoms with E-state index in [1.54, 1.807) is 12.3 Å². The van der Waals surface area contributed by atoms with Crippen LogP contribution in [0.5, 0.6) is 0 Å². The highest BCUT2D eigenvalue weighted by molar-refractivity contribution is 8.01. The number of nitrogens with one attached hydrogen (secondary N) is 2. The van der Waals surface area contributed by atoms with Gasteiger partial charge in [-0.1, -0.05) is 53.5 Å². The van der Waals surface area contributed by atoms with Crippen molar-refractivity contribution < 1.29 is 14.3 Å². The van der Waals surface area contributed by atoms with Crippen molar-refractivity contribution in [3.05, 3.63) is 94.4 Å². The normalized spacial score (nSPS) is 21.0. The van der Waals surface area contributed by atoms with Crippen molar-refractivity contribution in [3.8, 4) is 0 Å². The minimum absolute atomic E-state index is 0.0494. The summed E-state index contributed by atoms with van der Waals surface area (Å²) in [6.07, 6.45) is 4.44. The van der Waals surface area contributed by atoms with Crippen LogP contribution in [0.1, 0.15) is 30.0 Å². The molecule has 0 radical (unpaired) electrons. The number of morpholine rings is 1. The van der Waals surface area contributed by atoms with Gasteiger partial charge in [0.25, 0.3) is 0 Å². The molecule has 43 heavy (non-hydrogen) atoms. The first kappa shape index (κ1) is 30.0. The van der Waals surface area contributed by atoms with Gasteiger partial charge >= 0.3 is 0 Å². The largest absolute Gasteiger partial charge is 0.379 e. The Labute approximate surface area is 265 Å². The topological polar surface area (TPSA) is 90.6 Å². The Bertz CT molecular complexity index is 1580. The lowest BCUT2D eigenvalue weighted by Gasteiger charge is -2.36. The van der Waals surface area contributed by atoms with Crippen LogP contribution in [0, 0.1) is 0 Å². The highest BCUT2D eigenvalue weighted by Gasteiger charge is 2.58. The van der Waals surface area contributed by atoms with Crippen LogP contribution in [-0.4, -0.2) is 75.7 Å². The number of nitrogens with zero attached hydrogens (tertiary/aromatic N) is 3. The van der Waals surface area contributed by atoms with Gasteiger partial charge < -0.3 is 19.9 Å². The third-order valence-corrected chi connectivity index (χ3v) is 9.95. The summed E-state index contributed by atoms with van der Waals surface area (Å²) in [5.41, 5.74) is 2.54. The Hall–Kier alpha value is -3.08. The maximum Gasteiger partial charge on any atom is 0.239 e. The lowest BCUT2D eigenvalue weighted by atomic mass is 9.91. The van der Waals surface area contributed by atoms with Crippen LogP contribution < -0.4 is 5.32 Å². The van der Waals surface area contributed by atoms with Gasteiger partial charge in [0.15, 0.2) is 0 Å². The summed E-state index contributed by atoms with van der Waals surface area (Å²) in [5, 5.41) is 5.14. The zero-order valence-corrected chi connectivity index (χ0v) is 25.9. The number of rotatable bonds is 10. The van der Waals surface area contributed by atoms with E-state index >= 15 is 0 Å². The fourth-order valence-corrected chi connectivity index (χ4v) is 7.71. The highest BCUT2D eigenvalue weighted by Crippen LogP contribution is 2.54. The summed E-state index contributed by atoms with van der Waals surface area (Å²) < 4.78 is 4.33. The fourth-order valence-electron chi connectivity index (χ4n) is 5.98.